The largest absolute Gasteiger partial charge is 0.444 e. The zero-order valence-corrected chi connectivity index (χ0v) is 21.0. The molecule has 1 aromatic heterocycles. The maximum absolute atomic E-state index is 13.3. The summed E-state index contributed by atoms with van der Waals surface area (Å²) in [6.45, 7) is 6.45. The molecule has 1 aliphatic carbocycles. The quantitative estimate of drug-likeness (QED) is 0.489. The second-order valence-electron chi connectivity index (χ2n) is 10.2. The molecule has 3 N–H and O–H groups in total. The number of rotatable bonds is 7. The number of carbonyl (C=O) groups excluding carboxylic acids is 2. The Morgan fingerprint density at radius 3 is 2.59 bits per heavy atom. The van der Waals surface area contributed by atoms with Crippen LogP contribution in [0.4, 0.5) is 35.4 Å². The number of alkyl halides is 3. The van der Waals surface area contributed by atoms with Gasteiger partial charge in [-0.15, -0.1) is 0 Å². The minimum Gasteiger partial charge on any atom is -0.444 e. The number of amides is 2. The zero-order valence-electron chi connectivity index (χ0n) is 21.0. The van der Waals surface area contributed by atoms with Crippen molar-refractivity contribution in [2.75, 3.05) is 23.7 Å². The lowest BCUT2D eigenvalue weighted by Crippen LogP contribution is -2.39. The van der Waals surface area contributed by atoms with Gasteiger partial charge in [0.05, 0.1) is 0 Å². The van der Waals surface area contributed by atoms with Crippen molar-refractivity contribution < 1.29 is 27.5 Å². The number of halogens is 3. The van der Waals surface area contributed by atoms with Crippen LogP contribution in [0.5, 0.6) is 0 Å². The normalized spacial score (nSPS) is 15.6. The van der Waals surface area contributed by atoms with Crippen LogP contribution in [0.15, 0.2) is 24.4 Å². The van der Waals surface area contributed by atoms with Crippen LogP contribution in [0, 0.1) is 0 Å². The number of nitrogens with one attached hydrogen (secondary N) is 3. The summed E-state index contributed by atoms with van der Waals surface area (Å²) >= 11 is 0. The topological polar surface area (TPSA) is 108 Å². The highest BCUT2D eigenvalue weighted by Crippen LogP contribution is 2.36. The lowest BCUT2D eigenvalue weighted by Gasteiger charge is -2.29. The van der Waals surface area contributed by atoms with Gasteiger partial charge >= 0.3 is 12.3 Å². The maximum Gasteiger partial charge on any atom is 0.421 e. The van der Waals surface area contributed by atoms with Crippen molar-refractivity contribution in [3.8, 4) is 0 Å². The SMILES string of the molecule is CC(C)(C)OC(=O)NCCC(=O)N1CCc2cc(Nc3ncc(C(F)(F)F)c(NC4CC4)n3)ccc2C1. The van der Waals surface area contributed by atoms with E-state index in [2.05, 4.69) is 25.9 Å². The summed E-state index contributed by atoms with van der Waals surface area (Å²) in [6, 6.07) is 5.57. The van der Waals surface area contributed by atoms with Crippen LogP contribution < -0.4 is 16.0 Å². The van der Waals surface area contributed by atoms with E-state index >= 15 is 0 Å². The molecule has 0 atom stereocenters. The van der Waals surface area contributed by atoms with E-state index < -0.39 is 23.4 Å². The molecule has 2 aromatic rings. The van der Waals surface area contributed by atoms with E-state index in [0.29, 0.717) is 25.2 Å². The third-order valence-corrected chi connectivity index (χ3v) is 5.85. The van der Waals surface area contributed by atoms with Gasteiger partial charge in [-0.25, -0.2) is 9.78 Å². The van der Waals surface area contributed by atoms with E-state index in [0.717, 1.165) is 30.2 Å². The predicted molar refractivity (Wildman–Crippen MR) is 131 cm³/mol. The molecule has 0 bridgehead atoms. The highest BCUT2D eigenvalue weighted by molar-refractivity contribution is 5.77. The van der Waals surface area contributed by atoms with Gasteiger partial charge in [-0.2, -0.15) is 18.2 Å². The number of hydrogen-bond donors (Lipinski definition) is 3. The number of alkyl carbamates (subject to hydrolysis) is 1. The van der Waals surface area contributed by atoms with Crippen LogP contribution >= 0.6 is 0 Å². The van der Waals surface area contributed by atoms with E-state index in [1.807, 2.05) is 12.1 Å². The fraction of sp³-hybridized carbons (Fsp3) is 0.520. The summed E-state index contributed by atoms with van der Waals surface area (Å²) in [4.78, 5) is 34.0. The van der Waals surface area contributed by atoms with Crippen molar-refractivity contribution in [1.82, 2.24) is 20.2 Å². The fourth-order valence-corrected chi connectivity index (χ4v) is 3.90. The molecular weight excluding hydrogens is 489 g/mol. The van der Waals surface area contributed by atoms with Crippen LogP contribution in [0.25, 0.3) is 0 Å². The van der Waals surface area contributed by atoms with E-state index in [9.17, 15) is 22.8 Å². The Morgan fingerprint density at radius 1 is 1.16 bits per heavy atom. The Labute approximate surface area is 213 Å². The molecule has 9 nitrogen and oxygen atoms in total. The number of anilines is 3. The number of fused-ring (bicyclic) bond motifs is 1. The molecule has 0 radical (unpaired) electrons. The van der Waals surface area contributed by atoms with Gasteiger partial charge < -0.3 is 25.6 Å². The second-order valence-corrected chi connectivity index (χ2v) is 10.2. The third-order valence-electron chi connectivity index (χ3n) is 5.85. The van der Waals surface area contributed by atoms with Crippen LogP contribution in [0.1, 0.15) is 56.7 Å². The Bertz CT molecular complexity index is 1160. The summed E-state index contributed by atoms with van der Waals surface area (Å²) < 4.78 is 45.1. The van der Waals surface area contributed by atoms with Crippen LogP contribution in [0.2, 0.25) is 0 Å². The number of benzene rings is 1. The summed E-state index contributed by atoms with van der Waals surface area (Å²) in [5.41, 5.74) is 1.17. The monoisotopic (exact) mass is 520 g/mol. The average Bonchev–Trinajstić information content (AvgIpc) is 3.61. The minimum absolute atomic E-state index is 0.00587. The first-order valence-corrected chi connectivity index (χ1v) is 12.2. The lowest BCUT2D eigenvalue weighted by atomic mass is 9.98. The van der Waals surface area contributed by atoms with Gasteiger partial charge in [-0.3, -0.25) is 4.79 Å². The molecule has 4 rings (SSSR count). The van der Waals surface area contributed by atoms with Gasteiger partial charge in [0.25, 0.3) is 0 Å². The Balaban J connectivity index is 1.34. The van der Waals surface area contributed by atoms with Gasteiger partial charge in [-0.05, 0) is 63.3 Å². The van der Waals surface area contributed by atoms with Gasteiger partial charge in [-0.1, -0.05) is 6.07 Å². The zero-order chi connectivity index (χ0) is 26.8. The van der Waals surface area contributed by atoms with Gasteiger partial charge in [0.1, 0.15) is 17.0 Å². The molecule has 12 heteroatoms. The minimum atomic E-state index is -4.54. The summed E-state index contributed by atoms with van der Waals surface area (Å²) in [5.74, 6) is -0.222. The molecule has 2 aliphatic rings. The summed E-state index contributed by atoms with van der Waals surface area (Å²) in [5, 5.41) is 8.42. The summed E-state index contributed by atoms with van der Waals surface area (Å²) in [7, 11) is 0. The standard InChI is InChI=1S/C25H31F3N6O3/c1-24(2,3)37-23(36)29-10-8-20(35)34-11-9-15-12-18(5-4-16(15)14-34)32-22-30-13-19(25(26,27)28)21(33-22)31-17-6-7-17/h4-5,12-13,17H,6-11,14H2,1-3H3,(H,29,36)(H2,30,31,32,33). The van der Waals surface area contributed by atoms with E-state index in [1.54, 1.807) is 31.7 Å². The van der Waals surface area contributed by atoms with E-state index in [4.69, 9.17) is 4.74 Å². The molecule has 2 heterocycles. The number of ether oxygens (including phenoxy) is 1. The van der Waals surface area contributed by atoms with Crippen LogP contribution in [-0.4, -0.2) is 51.6 Å². The van der Waals surface area contributed by atoms with E-state index in [-0.39, 0.29) is 36.7 Å². The van der Waals surface area contributed by atoms with Crippen molar-refractivity contribution in [3.05, 3.63) is 41.1 Å². The van der Waals surface area contributed by atoms with Crippen molar-refractivity contribution in [2.45, 2.75) is 70.8 Å². The molecule has 2 amide bonds. The molecule has 1 saturated carbocycles. The van der Waals surface area contributed by atoms with E-state index in [1.165, 1.54) is 0 Å². The molecule has 1 fully saturated rings. The maximum atomic E-state index is 13.3. The van der Waals surface area contributed by atoms with Crippen molar-refractivity contribution in [1.29, 1.82) is 0 Å². The third kappa shape index (κ3) is 7.46. The number of nitrogens with zero attached hydrogens (tertiary/aromatic N) is 3. The first kappa shape index (κ1) is 26.5. The van der Waals surface area contributed by atoms with Crippen molar-refractivity contribution >= 4 is 29.5 Å². The first-order chi connectivity index (χ1) is 17.4. The van der Waals surface area contributed by atoms with Crippen molar-refractivity contribution in [3.63, 3.8) is 0 Å². The van der Waals surface area contributed by atoms with Crippen LogP contribution in [0.3, 0.4) is 0 Å². The molecule has 0 spiro atoms. The van der Waals surface area contributed by atoms with Gasteiger partial charge in [0.2, 0.25) is 11.9 Å². The van der Waals surface area contributed by atoms with Gasteiger partial charge in [0.15, 0.2) is 0 Å². The fourth-order valence-electron chi connectivity index (χ4n) is 3.90. The van der Waals surface area contributed by atoms with Gasteiger partial charge in [0, 0.05) is 44.0 Å². The molecule has 0 saturated heterocycles. The first-order valence-electron chi connectivity index (χ1n) is 12.2. The molecule has 1 aromatic carbocycles. The molecule has 200 valence electrons. The van der Waals surface area contributed by atoms with Crippen molar-refractivity contribution in [2.24, 2.45) is 0 Å². The molecular formula is C25H31F3N6O3. The second kappa shape index (κ2) is 10.4. The predicted octanol–water partition coefficient (Wildman–Crippen LogP) is 4.61. The molecule has 1 aliphatic heterocycles. The smallest absolute Gasteiger partial charge is 0.421 e. The highest BCUT2D eigenvalue weighted by Gasteiger charge is 2.37. The van der Waals surface area contributed by atoms with Crippen LogP contribution in [-0.2, 0) is 28.7 Å². The highest BCUT2D eigenvalue weighted by atomic mass is 19.4. The average molecular weight is 521 g/mol. The Hall–Kier alpha value is -3.57. The summed E-state index contributed by atoms with van der Waals surface area (Å²) in [6.07, 6.45) is -1.90. The lowest BCUT2D eigenvalue weighted by molar-refractivity contribution is -0.137. The Morgan fingerprint density at radius 2 is 1.92 bits per heavy atom. The molecule has 0 unspecified atom stereocenters. The number of carbonyl (C=O) groups is 2. The molecule has 37 heavy (non-hydrogen) atoms. The Kier molecular flexibility index (Phi) is 7.47. The number of hydrogen-bond acceptors (Lipinski definition) is 7. The number of aromatic nitrogens is 2.